The molecular weight excluding hydrogens is 190 g/mol. The Hall–Kier alpha value is -0.550. The maximum Gasteiger partial charge on any atom is 0.249 e. The Balaban J connectivity index is 2.16. The lowest BCUT2D eigenvalue weighted by Gasteiger charge is -1.94. The Kier molecular flexibility index (Phi) is 3.74. The first-order valence-corrected chi connectivity index (χ1v) is 5.26. The van der Waals surface area contributed by atoms with Gasteiger partial charge in [-0.05, 0) is 6.42 Å². The second kappa shape index (κ2) is 4.62. The maximum atomic E-state index is 11.2. The van der Waals surface area contributed by atoms with E-state index in [-0.39, 0.29) is 5.12 Å². The SMILES string of the molecule is CCCCSC(=O)C1OC1C(N)=O. The van der Waals surface area contributed by atoms with Gasteiger partial charge in [-0.25, -0.2) is 0 Å². The topological polar surface area (TPSA) is 72.7 Å². The molecule has 1 aliphatic heterocycles. The molecule has 0 aromatic carbocycles. The van der Waals surface area contributed by atoms with Crippen molar-refractivity contribution >= 4 is 22.8 Å². The number of amides is 1. The summed E-state index contributed by atoms with van der Waals surface area (Å²) in [6, 6.07) is 0. The van der Waals surface area contributed by atoms with Crippen molar-refractivity contribution in [2.75, 3.05) is 5.75 Å². The van der Waals surface area contributed by atoms with Crippen LogP contribution in [-0.4, -0.2) is 29.0 Å². The monoisotopic (exact) mass is 203 g/mol. The van der Waals surface area contributed by atoms with Crippen LogP contribution in [-0.2, 0) is 14.3 Å². The third-order valence-electron chi connectivity index (χ3n) is 1.75. The average Bonchev–Trinajstić information content (AvgIpc) is 2.83. The van der Waals surface area contributed by atoms with Gasteiger partial charge in [-0.1, -0.05) is 25.1 Å². The van der Waals surface area contributed by atoms with E-state index in [2.05, 4.69) is 6.92 Å². The number of primary amides is 1. The van der Waals surface area contributed by atoms with Crippen LogP contribution in [0.4, 0.5) is 0 Å². The molecule has 0 aromatic heterocycles. The summed E-state index contributed by atoms with van der Waals surface area (Å²) in [7, 11) is 0. The van der Waals surface area contributed by atoms with Gasteiger partial charge in [0.25, 0.3) is 0 Å². The fraction of sp³-hybridized carbons (Fsp3) is 0.750. The van der Waals surface area contributed by atoms with Crippen LogP contribution in [0.15, 0.2) is 0 Å². The standard InChI is InChI=1S/C8H13NO3S/c1-2-3-4-13-8(11)6-5(12-6)7(9)10/h5-6H,2-4H2,1H3,(H2,9,10). The molecule has 0 bridgehead atoms. The zero-order valence-corrected chi connectivity index (χ0v) is 8.30. The van der Waals surface area contributed by atoms with Crippen LogP contribution < -0.4 is 5.73 Å². The number of unbranched alkanes of at least 4 members (excludes halogenated alkanes) is 1. The van der Waals surface area contributed by atoms with Crippen LogP contribution in [0.2, 0.25) is 0 Å². The third kappa shape index (κ3) is 3.00. The van der Waals surface area contributed by atoms with E-state index in [1.807, 2.05) is 0 Å². The van der Waals surface area contributed by atoms with Gasteiger partial charge in [-0.3, -0.25) is 9.59 Å². The molecule has 0 aromatic rings. The molecule has 1 aliphatic rings. The van der Waals surface area contributed by atoms with Gasteiger partial charge >= 0.3 is 0 Å². The molecule has 4 nitrogen and oxygen atoms in total. The number of thioether (sulfide) groups is 1. The Morgan fingerprint density at radius 2 is 2.15 bits per heavy atom. The van der Waals surface area contributed by atoms with Crippen molar-refractivity contribution in [2.45, 2.75) is 32.0 Å². The lowest BCUT2D eigenvalue weighted by molar-refractivity contribution is -0.119. The number of epoxide rings is 1. The number of carbonyl (C=O) groups is 2. The van der Waals surface area contributed by atoms with E-state index in [0.717, 1.165) is 18.6 Å². The van der Waals surface area contributed by atoms with Crippen LogP contribution >= 0.6 is 11.8 Å². The summed E-state index contributed by atoms with van der Waals surface area (Å²) < 4.78 is 4.83. The number of ether oxygens (including phenoxy) is 1. The van der Waals surface area contributed by atoms with Crippen LogP contribution in [0.1, 0.15) is 19.8 Å². The lowest BCUT2D eigenvalue weighted by Crippen LogP contribution is -2.22. The largest absolute Gasteiger partial charge is 0.367 e. The van der Waals surface area contributed by atoms with Crippen molar-refractivity contribution in [1.29, 1.82) is 0 Å². The van der Waals surface area contributed by atoms with E-state index in [4.69, 9.17) is 10.5 Å². The van der Waals surface area contributed by atoms with Crippen LogP contribution in [0.5, 0.6) is 0 Å². The van der Waals surface area contributed by atoms with Crippen molar-refractivity contribution in [3.63, 3.8) is 0 Å². The van der Waals surface area contributed by atoms with E-state index in [0.29, 0.717) is 0 Å². The second-order valence-corrected chi connectivity index (χ2v) is 4.00. The molecule has 0 spiro atoms. The molecule has 5 heteroatoms. The summed E-state index contributed by atoms with van der Waals surface area (Å²) in [5.41, 5.74) is 4.96. The van der Waals surface area contributed by atoms with Gasteiger partial charge in [0.15, 0.2) is 12.2 Å². The molecule has 74 valence electrons. The van der Waals surface area contributed by atoms with Crippen molar-refractivity contribution in [3.05, 3.63) is 0 Å². The van der Waals surface area contributed by atoms with E-state index in [9.17, 15) is 9.59 Å². The first-order valence-electron chi connectivity index (χ1n) is 4.28. The van der Waals surface area contributed by atoms with Gasteiger partial charge in [0.2, 0.25) is 11.0 Å². The smallest absolute Gasteiger partial charge is 0.249 e. The fourth-order valence-corrected chi connectivity index (χ4v) is 1.88. The minimum absolute atomic E-state index is 0.0720. The van der Waals surface area contributed by atoms with Crippen molar-refractivity contribution in [1.82, 2.24) is 0 Å². The van der Waals surface area contributed by atoms with Crippen LogP contribution in [0.3, 0.4) is 0 Å². The number of carbonyl (C=O) groups excluding carboxylic acids is 2. The van der Waals surface area contributed by atoms with E-state index >= 15 is 0 Å². The Bertz CT molecular complexity index is 219. The van der Waals surface area contributed by atoms with Gasteiger partial charge in [-0.2, -0.15) is 0 Å². The summed E-state index contributed by atoms with van der Waals surface area (Å²) >= 11 is 1.22. The highest BCUT2D eigenvalue weighted by Gasteiger charge is 2.48. The molecule has 1 saturated heterocycles. The second-order valence-electron chi connectivity index (χ2n) is 2.90. The Morgan fingerprint density at radius 1 is 1.46 bits per heavy atom. The minimum Gasteiger partial charge on any atom is -0.367 e. The van der Waals surface area contributed by atoms with Gasteiger partial charge in [0.1, 0.15) is 0 Å². The predicted molar refractivity (Wildman–Crippen MR) is 50.2 cm³/mol. The zero-order valence-electron chi connectivity index (χ0n) is 7.49. The van der Waals surface area contributed by atoms with Gasteiger partial charge < -0.3 is 10.5 Å². The van der Waals surface area contributed by atoms with Crippen LogP contribution in [0, 0.1) is 0 Å². The molecule has 0 aliphatic carbocycles. The summed E-state index contributed by atoms with van der Waals surface area (Å²) in [6.07, 6.45) is 0.830. The first kappa shape index (κ1) is 10.5. The number of rotatable bonds is 5. The van der Waals surface area contributed by atoms with Gasteiger partial charge in [0, 0.05) is 5.75 Å². The Labute approximate surface area is 81.2 Å². The van der Waals surface area contributed by atoms with E-state index in [1.54, 1.807) is 0 Å². The fourth-order valence-electron chi connectivity index (χ4n) is 0.907. The van der Waals surface area contributed by atoms with Crippen molar-refractivity contribution < 1.29 is 14.3 Å². The first-order chi connectivity index (χ1) is 6.16. The number of nitrogens with two attached hydrogens (primary N) is 1. The van der Waals surface area contributed by atoms with E-state index < -0.39 is 18.1 Å². The van der Waals surface area contributed by atoms with Gasteiger partial charge in [0.05, 0.1) is 0 Å². The lowest BCUT2D eigenvalue weighted by atomic mass is 10.3. The molecule has 2 N–H and O–H groups in total. The van der Waals surface area contributed by atoms with Gasteiger partial charge in [-0.15, -0.1) is 0 Å². The number of hydrogen-bond acceptors (Lipinski definition) is 4. The summed E-state index contributed by atoms with van der Waals surface area (Å²) in [5, 5.41) is -0.0720. The zero-order chi connectivity index (χ0) is 9.84. The molecule has 1 rings (SSSR count). The Morgan fingerprint density at radius 3 is 2.62 bits per heavy atom. The highest BCUT2D eigenvalue weighted by molar-refractivity contribution is 8.13. The normalized spacial score (nSPS) is 25.6. The average molecular weight is 203 g/mol. The highest BCUT2D eigenvalue weighted by Crippen LogP contribution is 2.27. The number of hydrogen-bond donors (Lipinski definition) is 1. The van der Waals surface area contributed by atoms with Crippen molar-refractivity contribution in [3.8, 4) is 0 Å². The molecule has 2 atom stereocenters. The summed E-state index contributed by atoms with van der Waals surface area (Å²) in [4.78, 5) is 21.8. The molecule has 0 radical (unpaired) electrons. The predicted octanol–water partition coefficient (Wildman–Crippen LogP) is 0.299. The quantitative estimate of drug-likeness (QED) is 0.515. The minimum atomic E-state index is -0.665. The molecule has 2 unspecified atom stereocenters. The van der Waals surface area contributed by atoms with E-state index in [1.165, 1.54) is 11.8 Å². The summed E-state index contributed by atoms with van der Waals surface area (Å²) in [6.45, 7) is 2.06. The van der Waals surface area contributed by atoms with Crippen molar-refractivity contribution in [2.24, 2.45) is 5.73 Å². The molecule has 13 heavy (non-hydrogen) atoms. The molecule has 1 amide bonds. The summed E-state index contributed by atoms with van der Waals surface area (Å²) in [5.74, 6) is 0.246. The van der Waals surface area contributed by atoms with Crippen LogP contribution in [0.25, 0.3) is 0 Å². The molecule has 1 heterocycles. The maximum absolute atomic E-state index is 11.2. The molecular formula is C8H13NO3S. The third-order valence-corrected chi connectivity index (χ3v) is 2.76. The highest BCUT2D eigenvalue weighted by atomic mass is 32.2. The molecule has 0 saturated carbocycles. The molecule has 1 fully saturated rings.